The largest absolute Gasteiger partial charge is 0.481 e. The molecule has 1 aromatic heterocycles. The van der Waals surface area contributed by atoms with Crippen LogP contribution >= 0.6 is 0 Å². The van der Waals surface area contributed by atoms with Crippen LogP contribution in [0.5, 0.6) is 5.88 Å². The van der Waals surface area contributed by atoms with E-state index in [4.69, 9.17) is 9.72 Å². The highest BCUT2D eigenvalue weighted by molar-refractivity contribution is 7.89. The predicted octanol–water partition coefficient (Wildman–Crippen LogP) is 1.29. The molecular formula is C24H35N7O4S. The Morgan fingerprint density at radius 3 is 2.50 bits per heavy atom. The van der Waals surface area contributed by atoms with Gasteiger partial charge in [0.15, 0.2) is 0 Å². The Hall–Kier alpha value is -2.51. The molecule has 0 radical (unpaired) electrons. The van der Waals surface area contributed by atoms with Crippen LogP contribution in [0, 0.1) is 0 Å². The summed E-state index contributed by atoms with van der Waals surface area (Å²) in [5.41, 5.74) is 6.16. The van der Waals surface area contributed by atoms with E-state index in [1.54, 1.807) is 41.7 Å². The number of methoxy groups -OCH3 is 1. The van der Waals surface area contributed by atoms with Gasteiger partial charge in [-0.15, -0.1) is 0 Å². The van der Waals surface area contributed by atoms with Crippen molar-refractivity contribution in [3.05, 3.63) is 36.4 Å². The summed E-state index contributed by atoms with van der Waals surface area (Å²) < 4.78 is 34.3. The summed E-state index contributed by atoms with van der Waals surface area (Å²) in [6.07, 6.45) is 4.78. The summed E-state index contributed by atoms with van der Waals surface area (Å²) in [5, 5.41) is 12.7. The van der Waals surface area contributed by atoms with Gasteiger partial charge in [-0.3, -0.25) is 5.43 Å². The molecule has 2 aromatic rings. The van der Waals surface area contributed by atoms with E-state index in [9.17, 15) is 13.5 Å². The lowest BCUT2D eigenvalue weighted by Crippen LogP contribution is -2.58. The first-order valence-electron chi connectivity index (χ1n) is 12.5. The standard InChI is InChI=1S/C24H35N7O4S/c1-30(24-26-21(14-23(27-24)35-2)25-22-11-16(15-32)28-29-22)19-12-17-7-6-8-18(13-19)31(17)36(33,34)20-9-4-3-5-10-20/h3-5,9-10,14,16-19,22,28-29,32H,6-8,11-13,15H2,1-2H3,(H,25,26,27)/t16?,17-,18+,19?,22?. The van der Waals surface area contributed by atoms with E-state index in [1.807, 2.05) is 13.1 Å². The van der Waals surface area contributed by atoms with Crippen molar-refractivity contribution in [1.82, 2.24) is 25.1 Å². The number of hydrazine groups is 1. The van der Waals surface area contributed by atoms with Gasteiger partial charge in [-0.25, -0.2) is 13.8 Å². The fraction of sp³-hybridized carbons (Fsp3) is 0.583. The number of nitrogens with zero attached hydrogens (tertiary/aromatic N) is 4. The van der Waals surface area contributed by atoms with Crippen LogP contribution in [-0.4, -0.2) is 78.9 Å². The maximum atomic E-state index is 13.5. The van der Waals surface area contributed by atoms with Crippen molar-refractivity contribution in [3.8, 4) is 5.88 Å². The van der Waals surface area contributed by atoms with Gasteiger partial charge in [-0.1, -0.05) is 24.6 Å². The third-order valence-corrected chi connectivity index (χ3v) is 9.51. The van der Waals surface area contributed by atoms with Crippen molar-refractivity contribution in [1.29, 1.82) is 0 Å². The van der Waals surface area contributed by atoms with Crippen molar-refractivity contribution in [3.63, 3.8) is 0 Å². The van der Waals surface area contributed by atoms with Crippen molar-refractivity contribution in [2.24, 2.45) is 0 Å². The molecule has 36 heavy (non-hydrogen) atoms. The molecule has 2 bridgehead atoms. The molecule has 3 aliphatic heterocycles. The number of nitrogens with one attached hydrogen (secondary N) is 3. The van der Waals surface area contributed by atoms with Crippen molar-refractivity contribution < 1.29 is 18.3 Å². The molecule has 0 aliphatic carbocycles. The highest BCUT2D eigenvalue weighted by Crippen LogP contribution is 2.40. The van der Waals surface area contributed by atoms with Gasteiger partial charge in [0, 0.05) is 43.7 Å². The summed E-state index contributed by atoms with van der Waals surface area (Å²) in [4.78, 5) is 11.7. The van der Waals surface area contributed by atoms with E-state index in [0.717, 1.165) is 19.3 Å². The highest BCUT2D eigenvalue weighted by atomic mass is 32.2. The normalized spacial score (nSPS) is 28.6. The van der Waals surface area contributed by atoms with E-state index >= 15 is 0 Å². The molecule has 0 saturated carbocycles. The van der Waals surface area contributed by atoms with E-state index in [2.05, 4.69) is 26.1 Å². The van der Waals surface area contributed by atoms with E-state index in [1.165, 1.54) is 0 Å². The molecule has 1 aromatic carbocycles. The van der Waals surface area contributed by atoms with Gasteiger partial charge >= 0.3 is 0 Å². The number of ether oxygens (including phenoxy) is 1. The van der Waals surface area contributed by atoms with E-state index in [0.29, 0.717) is 41.8 Å². The average molecular weight is 518 g/mol. The number of sulfonamides is 1. The van der Waals surface area contributed by atoms with Crippen LogP contribution in [0.25, 0.3) is 0 Å². The molecule has 5 rings (SSSR count). The summed E-state index contributed by atoms with van der Waals surface area (Å²) in [6, 6.07) is 10.5. The second-order valence-corrected chi connectivity index (χ2v) is 11.7. The minimum atomic E-state index is -3.55. The SMILES string of the molecule is COc1cc(NC2CC(CO)NN2)nc(N(C)C2C[C@H]3CCC[C@@H](C2)N3S(=O)(=O)c2ccccc2)n1. The zero-order valence-electron chi connectivity index (χ0n) is 20.7. The Morgan fingerprint density at radius 1 is 1.14 bits per heavy atom. The van der Waals surface area contributed by atoms with Crippen LogP contribution in [0.3, 0.4) is 0 Å². The fourth-order valence-electron chi connectivity index (χ4n) is 5.66. The number of hydrogen-bond acceptors (Lipinski definition) is 10. The minimum absolute atomic E-state index is 0.0230. The molecular weight excluding hydrogens is 482 g/mol. The third kappa shape index (κ3) is 5.00. The first-order valence-corrected chi connectivity index (χ1v) is 14.0. The minimum Gasteiger partial charge on any atom is -0.481 e. The van der Waals surface area contributed by atoms with Gasteiger partial charge in [-0.2, -0.15) is 14.3 Å². The Balaban J connectivity index is 1.34. The van der Waals surface area contributed by atoms with Crippen molar-refractivity contribution in [2.45, 2.75) is 73.8 Å². The number of rotatable bonds is 8. The molecule has 4 N–H and O–H groups in total. The highest BCUT2D eigenvalue weighted by Gasteiger charge is 2.46. The van der Waals surface area contributed by atoms with Crippen LogP contribution in [0.1, 0.15) is 38.5 Å². The maximum absolute atomic E-state index is 13.5. The summed E-state index contributed by atoms with van der Waals surface area (Å²) in [7, 11) is -0.00623. The predicted molar refractivity (Wildman–Crippen MR) is 136 cm³/mol. The Labute approximate surface area is 212 Å². The Bertz CT molecular complexity index is 1140. The van der Waals surface area contributed by atoms with Crippen LogP contribution in [0.4, 0.5) is 11.8 Å². The molecule has 0 amide bonds. The number of aromatic nitrogens is 2. The quantitative estimate of drug-likeness (QED) is 0.406. The van der Waals surface area contributed by atoms with E-state index < -0.39 is 10.0 Å². The molecule has 5 atom stereocenters. The number of benzene rings is 1. The smallest absolute Gasteiger partial charge is 0.243 e. The molecule has 4 heterocycles. The molecule has 3 fully saturated rings. The fourth-order valence-corrected chi connectivity index (χ4v) is 7.57. The maximum Gasteiger partial charge on any atom is 0.243 e. The second kappa shape index (κ2) is 10.5. The Kier molecular flexibility index (Phi) is 7.31. The number of fused-ring (bicyclic) bond motifs is 2. The monoisotopic (exact) mass is 517 g/mol. The van der Waals surface area contributed by atoms with Crippen LogP contribution in [-0.2, 0) is 10.0 Å². The Morgan fingerprint density at radius 2 is 1.86 bits per heavy atom. The number of anilines is 2. The van der Waals surface area contributed by atoms with Gasteiger partial charge in [0.25, 0.3) is 0 Å². The first kappa shape index (κ1) is 25.2. The molecule has 0 spiro atoms. The molecule has 196 valence electrons. The number of hydrogen-bond donors (Lipinski definition) is 4. The zero-order valence-corrected chi connectivity index (χ0v) is 21.5. The first-order chi connectivity index (χ1) is 17.4. The van der Waals surface area contributed by atoms with Gasteiger partial charge in [0.1, 0.15) is 5.82 Å². The average Bonchev–Trinajstić information content (AvgIpc) is 3.35. The topological polar surface area (TPSA) is 132 Å². The van der Waals surface area contributed by atoms with Crippen molar-refractivity contribution in [2.75, 3.05) is 31.0 Å². The summed E-state index contributed by atoms with van der Waals surface area (Å²) in [6.45, 7) is 0.0489. The van der Waals surface area contributed by atoms with Crippen LogP contribution < -0.4 is 25.8 Å². The third-order valence-electron chi connectivity index (χ3n) is 7.49. The lowest BCUT2D eigenvalue weighted by atomic mass is 9.83. The zero-order chi connectivity index (χ0) is 25.3. The lowest BCUT2D eigenvalue weighted by Gasteiger charge is -2.49. The molecule has 11 nitrogen and oxygen atoms in total. The second-order valence-electron chi connectivity index (χ2n) is 9.82. The van der Waals surface area contributed by atoms with Crippen LogP contribution in [0.2, 0.25) is 0 Å². The van der Waals surface area contributed by atoms with Gasteiger partial charge in [-0.05, 0) is 37.8 Å². The van der Waals surface area contributed by atoms with E-state index in [-0.39, 0.29) is 36.9 Å². The van der Waals surface area contributed by atoms with Crippen molar-refractivity contribution >= 4 is 21.8 Å². The van der Waals surface area contributed by atoms with Gasteiger partial charge in [0.2, 0.25) is 21.9 Å². The number of piperidine rings is 2. The molecule has 12 heteroatoms. The number of aliphatic hydroxyl groups is 1. The number of aliphatic hydroxyl groups excluding tert-OH is 1. The molecule has 3 unspecified atom stereocenters. The summed E-state index contributed by atoms with van der Waals surface area (Å²) >= 11 is 0. The molecule has 3 saturated heterocycles. The van der Waals surface area contributed by atoms with Crippen LogP contribution in [0.15, 0.2) is 41.3 Å². The van der Waals surface area contributed by atoms with Gasteiger partial charge < -0.3 is 20.1 Å². The summed E-state index contributed by atoms with van der Waals surface area (Å²) in [5.74, 6) is 1.60. The van der Waals surface area contributed by atoms with Gasteiger partial charge in [0.05, 0.1) is 24.8 Å². The lowest BCUT2D eigenvalue weighted by molar-refractivity contribution is 0.109. The molecule has 3 aliphatic rings.